The average molecular weight is 272 g/mol. The van der Waals surface area contributed by atoms with Crippen molar-refractivity contribution in [2.75, 3.05) is 4.72 Å². The molecule has 4 N–H and O–H groups in total. The van der Waals surface area contributed by atoms with Gasteiger partial charge in [0.25, 0.3) is 10.0 Å². The van der Waals surface area contributed by atoms with Crippen molar-refractivity contribution in [2.45, 2.75) is 11.8 Å². The Morgan fingerprint density at radius 3 is 2.72 bits per heavy atom. The number of H-pyrrole nitrogens is 2. The highest BCUT2D eigenvalue weighted by atomic mass is 32.2. The zero-order chi connectivity index (χ0) is 13.3. The van der Waals surface area contributed by atoms with Gasteiger partial charge in [0.15, 0.2) is 5.69 Å². The van der Waals surface area contributed by atoms with Crippen molar-refractivity contribution >= 4 is 21.9 Å². The molecule has 0 spiro atoms. The number of nitrogens with zero attached hydrogens (tertiary/aromatic N) is 3. The minimum absolute atomic E-state index is 0.111. The van der Waals surface area contributed by atoms with E-state index in [0.29, 0.717) is 0 Å². The molecule has 0 fully saturated rings. The lowest BCUT2D eigenvalue weighted by molar-refractivity contribution is 0.0686. The molecule has 0 bridgehead atoms. The average Bonchev–Trinajstić information content (AvgIpc) is 2.86. The number of hydrogen-bond donors (Lipinski definition) is 4. The third kappa shape index (κ3) is 2.02. The summed E-state index contributed by atoms with van der Waals surface area (Å²) in [4.78, 5) is 14.0. The van der Waals surface area contributed by atoms with Gasteiger partial charge in [0.05, 0.1) is 5.69 Å². The number of carbonyl (C=O) groups is 1. The smallest absolute Gasteiger partial charge is 0.357 e. The Labute approximate surface area is 100 Å². The van der Waals surface area contributed by atoms with E-state index in [4.69, 9.17) is 5.11 Å². The van der Waals surface area contributed by atoms with Crippen molar-refractivity contribution in [3.05, 3.63) is 17.7 Å². The molecule has 0 aliphatic heterocycles. The first-order valence-electron chi connectivity index (χ1n) is 4.58. The molecule has 0 aliphatic carbocycles. The molecule has 0 aromatic carbocycles. The van der Waals surface area contributed by atoms with Gasteiger partial charge in [0.2, 0.25) is 5.95 Å². The quantitative estimate of drug-likeness (QED) is 0.575. The molecule has 2 heterocycles. The molecule has 2 aromatic heterocycles. The van der Waals surface area contributed by atoms with Crippen LogP contribution in [-0.2, 0) is 10.0 Å². The normalized spacial score (nSPS) is 11.4. The van der Waals surface area contributed by atoms with Gasteiger partial charge in [-0.25, -0.2) is 23.0 Å². The largest absolute Gasteiger partial charge is 0.476 e. The van der Waals surface area contributed by atoms with Crippen LogP contribution < -0.4 is 4.72 Å². The van der Waals surface area contributed by atoms with Crippen molar-refractivity contribution < 1.29 is 18.3 Å². The minimum atomic E-state index is -4.10. The van der Waals surface area contributed by atoms with Crippen LogP contribution in [0.15, 0.2) is 11.2 Å². The molecule has 0 amide bonds. The summed E-state index contributed by atoms with van der Waals surface area (Å²) in [6.45, 7) is 1.40. The van der Waals surface area contributed by atoms with Gasteiger partial charge in [-0.3, -0.25) is 5.10 Å². The molecule has 2 aromatic rings. The summed E-state index contributed by atoms with van der Waals surface area (Å²) in [5, 5.41) is 20.3. The topological polar surface area (TPSA) is 154 Å². The number of hydrogen-bond acceptors (Lipinski definition) is 6. The third-order valence-corrected chi connectivity index (χ3v) is 3.51. The number of aromatic amines is 2. The molecule has 0 unspecified atom stereocenters. The van der Waals surface area contributed by atoms with Crippen molar-refractivity contribution in [1.29, 1.82) is 0 Å². The van der Waals surface area contributed by atoms with E-state index >= 15 is 0 Å². The lowest BCUT2D eigenvalue weighted by Gasteiger charge is -2.04. The Bertz CT molecular complexity index is 673. The molecule has 18 heavy (non-hydrogen) atoms. The molecule has 0 aliphatic rings. The molecule has 0 radical (unpaired) electrons. The Morgan fingerprint density at radius 2 is 2.17 bits per heavy atom. The highest BCUT2D eigenvalue weighted by molar-refractivity contribution is 7.92. The maximum atomic E-state index is 12.0. The summed E-state index contributed by atoms with van der Waals surface area (Å²) in [6, 6.07) is 0. The Hall–Kier alpha value is -2.43. The number of carboxylic acids is 1. The van der Waals surface area contributed by atoms with Crippen molar-refractivity contribution in [1.82, 2.24) is 25.4 Å². The molecule has 11 heteroatoms. The fourth-order valence-corrected chi connectivity index (χ4v) is 2.62. The Balaban J connectivity index is 2.47. The lowest BCUT2D eigenvalue weighted by Crippen LogP contribution is -2.17. The van der Waals surface area contributed by atoms with Crippen molar-refractivity contribution in [3.63, 3.8) is 0 Å². The first kappa shape index (κ1) is 12.0. The van der Waals surface area contributed by atoms with Crippen LogP contribution >= 0.6 is 0 Å². The van der Waals surface area contributed by atoms with Gasteiger partial charge < -0.3 is 5.11 Å². The maximum Gasteiger partial charge on any atom is 0.357 e. The predicted molar refractivity (Wildman–Crippen MR) is 57.5 cm³/mol. The van der Waals surface area contributed by atoms with E-state index in [-0.39, 0.29) is 11.6 Å². The second kappa shape index (κ2) is 4.10. The van der Waals surface area contributed by atoms with Gasteiger partial charge >= 0.3 is 5.97 Å². The lowest BCUT2D eigenvalue weighted by atomic mass is 10.4. The van der Waals surface area contributed by atoms with Gasteiger partial charge in [0, 0.05) is 0 Å². The van der Waals surface area contributed by atoms with Crippen LogP contribution in [0.2, 0.25) is 0 Å². The summed E-state index contributed by atoms with van der Waals surface area (Å²) in [7, 11) is -4.10. The summed E-state index contributed by atoms with van der Waals surface area (Å²) in [5.41, 5.74) is -0.473. The number of rotatable bonds is 4. The maximum absolute atomic E-state index is 12.0. The molecule has 0 saturated carbocycles. The molecule has 0 saturated heterocycles. The van der Waals surface area contributed by atoms with E-state index in [1.54, 1.807) is 0 Å². The highest BCUT2D eigenvalue weighted by Crippen LogP contribution is 2.19. The SMILES string of the molecule is Cc1[nH]nc(C(=O)O)c1S(=O)(=O)Nc1ncn[nH]1. The van der Waals surface area contributed by atoms with Gasteiger partial charge in [-0.05, 0) is 6.92 Å². The number of aromatic carboxylic acids is 1. The second-order valence-corrected chi connectivity index (χ2v) is 4.89. The van der Waals surface area contributed by atoms with Crippen LogP contribution in [0.5, 0.6) is 0 Å². The van der Waals surface area contributed by atoms with Gasteiger partial charge in [0.1, 0.15) is 11.2 Å². The molecule has 0 atom stereocenters. The predicted octanol–water partition coefficient (Wildman–Crippen LogP) is -0.665. The van der Waals surface area contributed by atoms with Crippen LogP contribution in [0.25, 0.3) is 0 Å². The van der Waals surface area contributed by atoms with Crippen molar-refractivity contribution in [3.8, 4) is 0 Å². The number of aromatic nitrogens is 5. The van der Waals surface area contributed by atoms with E-state index in [1.165, 1.54) is 6.92 Å². The van der Waals surface area contributed by atoms with Crippen LogP contribution in [0.4, 0.5) is 5.95 Å². The number of nitrogens with one attached hydrogen (secondary N) is 3. The first-order valence-corrected chi connectivity index (χ1v) is 6.06. The fraction of sp³-hybridized carbons (Fsp3) is 0.143. The summed E-state index contributed by atoms with van der Waals surface area (Å²) < 4.78 is 26.0. The number of sulfonamides is 1. The molecule has 10 nitrogen and oxygen atoms in total. The Kier molecular flexibility index (Phi) is 2.74. The summed E-state index contributed by atoms with van der Waals surface area (Å²) >= 11 is 0. The number of carboxylic acid groups (broad SMARTS) is 1. The first-order chi connectivity index (χ1) is 8.42. The third-order valence-electron chi connectivity index (χ3n) is 2.01. The van der Waals surface area contributed by atoms with Crippen molar-refractivity contribution in [2.24, 2.45) is 0 Å². The summed E-state index contributed by atoms with van der Waals surface area (Å²) in [6.07, 6.45) is 1.11. The monoisotopic (exact) mass is 272 g/mol. The van der Waals surface area contributed by atoms with E-state index in [0.717, 1.165) is 6.33 Å². The van der Waals surface area contributed by atoms with Crippen LogP contribution in [0.1, 0.15) is 16.2 Å². The molecule has 96 valence electrons. The Morgan fingerprint density at radius 1 is 1.44 bits per heavy atom. The van der Waals surface area contributed by atoms with E-state index in [9.17, 15) is 13.2 Å². The van der Waals surface area contributed by atoms with Gasteiger partial charge in [-0.1, -0.05) is 0 Å². The number of anilines is 1. The zero-order valence-electron chi connectivity index (χ0n) is 9.00. The van der Waals surface area contributed by atoms with Crippen LogP contribution in [0, 0.1) is 6.92 Å². The highest BCUT2D eigenvalue weighted by Gasteiger charge is 2.28. The van der Waals surface area contributed by atoms with Crippen LogP contribution in [-0.4, -0.2) is 44.9 Å². The minimum Gasteiger partial charge on any atom is -0.476 e. The molecule has 2 rings (SSSR count). The van der Waals surface area contributed by atoms with Gasteiger partial charge in [-0.2, -0.15) is 15.2 Å². The van der Waals surface area contributed by atoms with E-state index in [2.05, 4.69) is 30.1 Å². The molecular formula is C7H8N6O4S. The molecular weight excluding hydrogens is 264 g/mol. The second-order valence-electron chi connectivity index (χ2n) is 3.27. The number of aryl methyl sites for hydroxylation is 1. The van der Waals surface area contributed by atoms with E-state index in [1.807, 2.05) is 0 Å². The van der Waals surface area contributed by atoms with Crippen LogP contribution in [0.3, 0.4) is 0 Å². The van der Waals surface area contributed by atoms with Gasteiger partial charge in [-0.15, -0.1) is 0 Å². The standard InChI is InChI=1S/C7H8N6O4S/c1-3-5(4(6(14)15)11-10-3)18(16,17)13-7-8-2-9-12-7/h2H,1H3,(H,10,11)(H,14,15)(H2,8,9,12,13). The fourth-order valence-electron chi connectivity index (χ4n) is 1.33. The summed E-state index contributed by atoms with van der Waals surface area (Å²) in [5.74, 6) is -1.57. The zero-order valence-corrected chi connectivity index (χ0v) is 9.82. The van der Waals surface area contributed by atoms with E-state index < -0.39 is 26.6 Å².